The van der Waals surface area contributed by atoms with Crippen LogP contribution in [0.4, 0.5) is 4.39 Å². The van der Waals surface area contributed by atoms with Crippen molar-refractivity contribution in [3.05, 3.63) is 118 Å². The van der Waals surface area contributed by atoms with Gasteiger partial charge in [0.15, 0.2) is 18.9 Å². The van der Waals surface area contributed by atoms with Crippen molar-refractivity contribution in [1.29, 1.82) is 0 Å². The minimum Gasteiger partial charge on any atom is -0.207 e. The molecule has 2 aromatic heterocycles. The number of nitrogens with zero attached hydrogens (tertiary/aromatic N) is 2. The van der Waals surface area contributed by atoms with Gasteiger partial charge in [-0.15, -0.1) is 0 Å². The van der Waals surface area contributed by atoms with Crippen LogP contribution in [-0.4, -0.2) is 0 Å². The summed E-state index contributed by atoms with van der Waals surface area (Å²) in [5, 5.41) is 2.69. The maximum atomic E-state index is 16.4. The Balaban J connectivity index is 1.51. The van der Waals surface area contributed by atoms with E-state index in [1.54, 1.807) is 6.07 Å². The third-order valence-corrected chi connectivity index (χ3v) is 12.1. The molecule has 5 aromatic rings. The Morgan fingerprint density at radius 3 is 2.30 bits per heavy atom. The average Bonchev–Trinajstić information content (AvgIpc) is 3.17. The molecule has 0 saturated heterocycles. The van der Waals surface area contributed by atoms with Gasteiger partial charge in [0.1, 0.15) is 12.9 Å². The minimum absolute atomic E-state index is 0.0784. The van der Waals surface area contributed by atoms with Gasteiger partial charge >= 0.3 is 0 Å². The molecule has 242 valence electrons. The van der Waals surface area contributed by atoms with Gasteiger partial charge in [0, 0.05) is 46.1 Å². The fourth-order valence-electron chi connectivity index (χ4n) is 9.42. The topological polar surface area (TPSA) is 7.76 Å². The number of aryl methyl sites for hydroxylation is 4. The summed E-state index contributed by atoms with van der Waals surface area (Å²) >= 11 is 0. The molecule has 0 N–H and O–H groups in total. The Bertz CT molecular complexity index is 2030. The highest BCUT2D eigenvalue weighted by atomic mass is 19.1. The number of pyridine rings is 2. The summed E-state index contributed by atoms with van der Waals surface area (Å²) in [4.78, 5) is 0. The smallest absolute Gasteiger partial charge is 0.207 e. The number of aromatic nitrogens is 2. The summed E-state index contributed by atoms with van der Waals surface area (Å²) in [6, 6.07) is 22.5. The summed E-state index contributed by atoms with van der Waals surface area (Å²) in [6.45, 7) is 16.8. The lowest BCUT2D eigenvalue weighted by Gasteiger charge is -2.41. The molecule has 1 atom stereocenters. The number of hydrogen-bond acceptors (Lipinski definition) is 0. The van der Waals surface area contributed by atoms with Crippen molar-refractivity contribution in [2.45, 2.75) is 104 Å². The molecule has 7 rings (SSSR count). The molecule has 1 aliphatic heterocycles. The lowest BCUT2D eigenvalue weighted by molar-refractivity contribution is -0.692. The fraction of sp³-hybridized carbons (Fsp3) is 0.409. The Morgan fingerprint density at radius 2 is 1.55 bits per heavy atom. The van der Waals surface area contributed by atoms with Gasteiger partial charge in [-0.3, -0.25) is 0 Å². The predicted octanol–water partition coefficient (Wildman–Crippen LogP) is 9.95. The summed E-state index contributed by atoms with van der Waals surface area (Å²) in [6.07, 6.45) is 10.9. The second-order valence-electron chi connectivity index (χ2n) is 15.1. The molecule has 3 heteroatoms. The molecule has 0 amide bonds. The molecule has 0 fully saturated rings. The Morgan fingerprint density at radius 1 is 0.830 bits per heavy atom. The first-order valence-electron chi connectivity index (χ1n) is 17.9. The van der Waals surface area contributed by atoms with Crippen molar-refractivity contribution in [3.63, 3.8) is 0 Å². The fourth-order valence-corrected chi connectivity index (χ4v) is 9.42. The van der Waals surface area contributed by atoms with E-state index in [9.17, 15) is 0 Å². The summed E-state index contributed by atoms with van der Waals surface area (Å²) in [5.41, 5.74) is 13.2. The van der Waals surface area contributed by atoms with Crippen LogP contribution in [0.1, 0.15) is 99.2 Å². The molecule has 3 heterocycles. The number of rotatable bonds is 8. The van der Waals surface area contributed by atoms with Crippen LogP contribution in [0.25, 0.3) is 33.3 Å². The largest absolute Gasteiger partial charge is 0.221 e. The highest BCUT2D eigenvalue weighted by molar-refractivity contribution is 6.02. The van der Waals surface area contributed by atoms with E-state index >= 15 is 4.39 Å². The Kier molecular flexibility index (Phi) is 7.89. The van der Waals surface area contributed by atoms with E-state index in [4.69, 9.17) is 0 Å². The number of halogens is 1. The number of unbranched alkanes of at least 4 members (excludes halogenated alkanes) is 1. The van der Waals surface area contributed by atoms with Crippen LogP contribution < -0.4 is 9.13 Å². The van der Waals surface area contributed by atoms with Gasteiger partial charge in [-0.1, -0.05) is 76.9 Å². The maximum absolute atomic E-state index is 16.4. The van der Waals surface area contributed by atoms with Crippen LogP contribution in [0.15, 0.2) is 73.1 Å². The van der Waals surface area contributed by atoms with Crippen molar-refractivity contribution in [2.24, 2.45) is 13.0 Å². The second kappa shape index (κ2) is 11.7. The van der Waals surface area contributed by atoms with Crippen molar-refractivity contribution in [2.75, 3.05) is 0 Å². The second-order valence-corrected chi connectivity index (χ2v) is 15.1. The van der Waals surface area contributed by atoms with Crippen LogP contribution in [0.3, 0.4) is 0 Å². The van der Waals surface area contributed by atoms with Crippen LogP contribution in [0.2, 0.25) is 0 Å². The quantitative estimate of drug-likeness (QED) is 0.152. The standard InChI is InChI=1S/C44H51FN2/c1-9-12-13-30-16-17-35-39-33(30)21-23-47-27-32(26-31-15-14-28(4)24-34(31)38-25-29(5)20-22-46(38)8)44(10-2,11-3)36-18-19-37(45)41(43(35,6)7)40(36)42(39)47/h14-25,32H,9-13,26-27H2,1-8H3/q+2. The van der Waals surface area contributed by atoms with Gasteiger partial charge in [-0.2, -0.15) is 4.57 Å². The average molecular weight is 627 g/mol. The first-order chi connectivity index (χ1) is 22.5. The zero-order chi connectivity index (χ0) is 33.2. The highest BCUT2D eigenvalue weighted by Crippen LogP contribution is 2.56. The lowest BCUT2D eigenvalue weighted by atomic mass is 9.61. The summed E-state index contributed by atoms with van der Waals surface area (Å²) in [7, 11) is 2.15. The van der Waals surface area contributed by atoms with Crippen LogP contribution >= 0.6 is 0 Å². The van der Waals surface area contributed by atoms with E-state index in [0.29, 0.717) is 5.92 Å². The maximum Gasteiger partial charge on any atom is 0.221 e. The van der Waals surface area contributed by atoms with E-state index in [2.05, 4.69) is 132 Å². The molecule has 0 spiro atoms. The summed E-state index contributed by atoms with van der Waals surface area (Å²) in [5.74, 6) is 0.244. The van der Waals surface area contributed by atoms with Gasteiger partial charge in [0.2, 0.25) is 11.4 Å². The number of benzene rings is 3. The van der Waals surface area contributed by atoms with Gasteiger partial charge in [-0.05, 0) is 91.3 Å². The molecule has 0 bridgehead atoms. The zero-order valence-corrected chi connectivity index (χ0v) is 29.7. The summed E-state index contributed by atoms with van der Waals surface area (Å²) < 4.78 is 21.2. The first kappa shape index (κ1) is 31.7. The molecular formula is C44H51FN2+2. The molecule has 2 aliphatic rings. The van der Waals surface area contributed by atoms with Gasteiger partial charge < -0.3 is 0 Å². The molecule has 3 aromatic carbocycles. The van der Waals surface area contributed by atoms with Crippen LogP contribution in [0.5, 0.6) is 0 Å². The highest BCUT2D eigenvalue weighted by Gasteiger charge is 2.50. The van der Waals surface area contributed by atoms with E-state index < -0.39 is 5.41 Å². The van der Waals surface area contributed by atoms with Gasteiger partial charge in [0.25, 0.3) is 0 Å². The third-order valence-electron chi connectivity index (χ3n) is 12.1. The SMILES string of the molecule is CCCCc1ccc2c3c4[n+](ccc13)CC(Cc1ccc(C)cc1-c1cc(C)cc[n+]1C)C(CC)(CC)c1ccc(F)c(c1-4)C2(C)C. The minimum atomic E-state index is -0.444. The van der Waals surface area contributed by atoms with Crippen molar-refractivity contribution < 1.29 is 13.5 Å². The van der Waals surface area contributed by atoms with Crippen molar-refractivity contribution >= 4 is 10.8 Å². The van der Waals surface area contributed by atoms with Gasteiger partial charge in [0.05, 0.1) is 10.9 Å². The van der Waals surface area contributed by atoms with E-state index in [1.807, 2.05) is 0 Å². The molecule has 0 radical (unpaired) electrons. The Labute approximate surface area is 281 Å². The van der Waals surface area contributed by atoms with Crippen LogP contribution in [0, 0.1) is 25.6 Å². The lowest BCUT2D eigenvalue weighted by Crippen LogP contribution is -2.45. The normalized spacial score (nSPS) is 17.2. The van der Waals surface area contributed by atoms with E-state index in [0.717, 1.165) is 37.8 Å². The van der Waals surface area contributed by atoms with E-state index in [-0.39, 0.29) is 11.2 Å². The molecule has 1 unspecified atom stereocenters. The Hall–Kier alpha value is -3.85. The number of hydrogen-bond donors (Lipinski definition) is 0. The molecule has 1 aliphatic carbocycles. The third kappa shape index (κ3) is 4.79. The van der Waals surface area contributed by atoms with Crippen LogP contribution in [-0.2, 0) is 37.3 Å². The van der Waals surface area contributed by atoms with Crippen molar-refractivity contribution in [1.82, 2.24) is 0 Å². The van der Waals surface area contributed by atoms with E-state index in [1.165, 1.54) is 79.5 Å². The van der Waals surface area contributed by atoms with Crippen molar-refractivity contribution in [3.8, 4) is 22.5 Å². The van der Waals surface area contributed by atoms with Gasteiger partial charge in [-0.25, -0.2) is 8.96 Å². The first-order valence-corrected chi connectivity index (χ1v) is 17.9. The monoisotopic (exact) mass is 626 g/mol. The zero-order valence-electron chi connectivity index (χ0n) is 29.7. The molecular weight excluding hydrogens is 575 g/mol. The molecule has 0 saturated carbocycles. The molecule has 2 nitrogen and oxygen atoms in total. The predicted molar refractivity (Wildman–Crippen MR) is 192 cm³/mol. The molecule has 47 heavy (non-hydrogen) atoms.